The Morgan fingerprint density at radius 1 is 1.07 bits per heavy atom. The van der Waals surface area contributed by atoms with E-state index in [2.05, 4.69) is 17.5 Å². The van der Waals surface area contributed by atoms with Crippen molar-refractivity contribution in [2.45, 2.75) is 27.7 Å². The molecule has 0 aromatic carbocycles. The molecule has 0 saturated heterocycles. The van der Waals surface area contributed by atoms with Gasteiger partial charge in [-0.2, -0.15) is 10.5 Å². The summed E-state index contributed by atoms with van der Waals surface area (Å²) in [6, 6.07) is 4.40. The van der Waals surface area contributed by atoms with Crippen molar-refractivity contribution in [1.29, 1.82) is 10.5 Å². The van der Waals surface area contributed by atoms with Gasteiger partial charge >= 0.3 is 0 Å². The zero-order chi connectivity index (χ0) is 11.6. The number of allylic oxidation sites excluding steroid dienone is 4. The topological polar surface area (TPSA) is 59.6 Å². The Kier molecular flexibility index (Phi) is 3.17. The minimum Gasteiger partial charge on any atom is -0.361 e. The van der Waals surface area contributed by atoms with E-state index in [0.29, 0.717) is 11.1 Å². The molecular formula is C12H15N3. The molecular weight excluding hydrogens is 186 g/mol. The van der Waals surface area contributed by atoms with Crippen molar-refractivity contribution in [1.82, 2.24) is 5.32 Å². The molecule has 0 atom stereocenters. The highest BCUT2D eigenvalue weighted by Crippen LogP contribution is 2.33. The zero-order valence-corrected chi connectivity index (χ0v) is 9.55. The number of hydrogen-bond acceptors (Lipinski definition) is 3. The summed E-state index contributed by atoms with van der Waals surface area (Å²) in [6.07, 6.45) is 0. The fourth-order valence-electron chi connectivity index (χ4n) is 2.00. The van der Waals surface area contributed by atoms with Crippen LogP contribution in [0.2, 0.25) is 0 Å². The van der Waals surface area contributed by atoms with Crippen LogP contribution in [0.3, 0.4) is 0 Å². The van der Waals surface area contributed by atoms with Crippen LogP contribution in [0, 0.1) is 34.5 Å². The van der Waals surface area contributed by atoms with Gasteiger partial charge in [0.05, 0.1) is 23.3 Å². The van der Waals surface area contributed by atoms with Gasteiger partial charge in [0.2, 0.25) is 0 Å². The van der Waals surface area contributed by atoms with Crippen LogP contribution < -0.4 is 5.32 Å². The smallest absolute Gasteiger partial charge is 0.0972 e. The van der Waals surface area contributed by atoms with Crippen molar-refractivity contribution >= 4 is 0 Å². The Morgan fingerprint density at radius 3 is 1.73 bits per heavy atom. The minimum absolute atomic E-state index is 0.0544. The average molecular weight is 201 g/mol. The molecule has 0 aromatic heterocycles. The van der Waals surface area contributed by atoms with Gasteiger partial charge in [-0.25, -0.2) is 0 Å². The second-order valence-corrected chi connectivity index (χ2v) is 4.15. The Morgan fingerprint density at radius 2 is 1.47 bits per heavy atom. The van der Waals surface area contributed by atoms with E-state index in [1.54, 1.807) is 0 Å². The van der Waals surface area contributed by atoms with Crippen molar-refractivity contribution in [3.63, 3.8) is 0 Å². The van der Waals surface area contributed by atoms with Gasteiger partial charge in [0.15, 0.2) is 0 Å². The molecule has 0 unspecified atom stereocenters. The molecule has 78 valence electrons. The number of hydrogen-bond donors (Lipinski definition) is 1. The molecule has 0 spiro atoms. The van der Waals surface area contributed by atoms with E-state index in [1.807, 2.05) is 27.7 Å². The van der Waals surface area contributed by atoms with E-state index in [-0.39, 0.29) is 11.8 Å². The first-order valence-electron chi connectivity index (χ1n) is 5.01. The monoisotopic (exact) mass is 201 g/mol. The third-order valence-corrected chi connectivity index (χ3v) is 2.71. The number of nitrogens with one attached hydrogen (secondary N) is 1. The van der Waals surface area contributed by atoms with Crippen LogP contribution in [-0.4, -0.2) is 0 Å². The maximum Gasteiger partial charge on any atom is 0.0972 e. The predicted molar refractivity (Wildman–Crippen MR) is 58.1 cm³/mol. The van der Waals surface area contributed by atoms with Crippen molar-refractivity contribution in [3.8, 4) is 12.1 Å². The Labute approximate surface area is 90.7 Å². The van der Waals surface area contributed by atoms with Gasteiger partial charge in [-0.15, -0.1) is 0 Å². The first-order chi connectivity index (χ1) is 7.02. The van der Waals surface area contributed by atoms with Crippen molar-refractivity contribution < 1.29 is 0 Å². The maximum absolute atomic E-state index is 9.10. The number of nitrogens with zero attached hydrogens (tertiary/aromatic N) is 2. The highest BCUT2D eigenvalue weighted by atomic mass is 14.9. The minimum atomic E-state index is -0.0544. The van der Waals surface area contributed by atoms with E-state index in [0.717, 1.165) is 11.4 Å². The summed E-state index contributed by atoms with van der Waals surface area (Å²) in [4.78, 5) is 0. The fraction of sp³-hybridized carbons (Fsp3) is 0.500. The Balaban J connectivity index is 3.29. The molecule has 1 N–H and O–H groups in total. The second kappa shape index (κ2) is 4.19. The van der Waals surface area contributed by atoms with E-state index in [9.17, 15) is 0 Å². The molecule has 0 aromatic rings. The average Bonchev–Trinajstić information content (AvgIpc) is 2.16. The van der Waals surface area contributed by atoms with Gasteiger partial charge in [0, 0.05) is 17.3 Å². The largest absolute Gasteiger partial charge is 0.361 e. The van der Waals surface area contributed by atoms with Crippen molar-refractivity contribution in [3.05, 3.63) is 22.5 Å². The lowest BCUT2D eigenvalue weighted by Crippen LogP contribution is -2.27. The van der Waals surface area contributed by atoms with Crippen LogP contribution >= 0.6 is 0 Å². The van der Waals surface area contributed by atoms with Crippen LogP contribution in [0.1, 0.15) is 27.7 Å². The lowest BCUT2D eigenvalue weighted by Gasteiger charge is -2.28. The fourth-order valence-corrected chi connectivity index (χ4v) is 2.00. The van der Waals surface area contributed by atoms with E-state index >= 15 is 0 Å². The van der Waals surface area contributed by atoms with Gasteiger partial charge in [0.1, 0.15) is 0 Å². The molecule has 0 amide bonds. The highest BCUT2D eigenvalue weighted by molar-refractivity contribution is 5.47. The number of nitriles is 2. The molecule has 0 bridgehead atoms. The molecule has 0 fully saturated rings. The lowest BCUT2D eigenvalue weighted by atomic mass is 9.79. The third kappa shape index (κ3) is 1.87. The molecule has 3 heteroatoms. The van der Waals surface area contributed by atoms with Gasteiger partial charge in [0.25, 0.3) is 0 Å². The van der Waals surface area contributed by atoms with E-state index in [4.69, 9.17) is 10.5 Å². The molecule has 0 aliphatic carbocycles. The molecule has 3 nitrogen and oxygen atoms in total. The number of rotatable bonds is 1. The Hall–Kier alpha value is -1.74. The van der Waals surface area contributed by atoms with E-state index in [1.165, 1.54) is 0 Å². The van der Waals surface area contributed by atoms with Crippen LogP contribution in [0.5, 0.6) is 0 Å². The first-order valence-corrected chi connectivity index (χ1v) is 5.01. The predicted octanol–water partition coefficient (Wildman–Crippen LogP) is 2.46. The summed E-state index contributed by atoms with van der Waals surface area (Å²) in [6.45, 7) is 7.83. The molecule has 0 saturated carbocycles. The molecule has 1 heterocycles. The van der Waals surface area contributed by atoms with Crippen molar-refractivity contribution in [2.75, 3.05) is 0 Å². The van der Waals surface area contributed by atoms with Gasteiger partial charge in [-0.1, -0.05) is 13.8 Å². The van der Waals surface area contributed by atoms with Gasteiger partial charge in [-0.05, 0) is 19.8 Å². The highest BCUT2D eigenvalue weighted by Gasteiger charge is 2.29. The summed E-state index contributed by atoms with van der Waals surface area (Å²) in [7, 11) is 0. The van der Waals surface area contributed by atoms with Crippen molar-refractivity contribution in [2.24, 2.45) is 11.8 Å². The zero-order valence-electron chi connectivity index (χ0n) is 9.55. The summed E-state index contributed by atoms with van der Waals surface area (Å²) in [5.74, 6) is 0.211. The van der Waals surface area contributed by atoms with Crippen LogP contribution in [0.25, 0.3) is 0 Å². The van der Waals surface area contributed by atoms with Gasteiger partial charge < -0.3 is 5.32 Å². The quantitative estimate of drug-likeness (QED) is 0.708. The first kappa shape index (κ1) is 11.3. The summed E-state index contributed by atoms with van der Waals surface area (Å²) in [5.41, 5.74) is 3.11. The summed E-state index contributed by atoms with van der Waals surface area (Å²) in [5, 5.41) is 21.3. The summed E-state index contributed by atoms with van der Waals surface area (Å²) >= 11 is 0. The Bertz CT molecular complexity index is 377. The molecule has 1 aliphatic rings. The van der Waals surface area contributed by atoms with E-state index < -0.39 is 0 Å². The molecule has 1 aliphatic heterocycles. The summed E-state index contributed by atoms with van der Waals surface area (Å²) < 4.78 is 0. The van der Waals surface area contributed by atoms with Crippen LogP contribution in [0.4, 0.5) is 0 Å². The molecule has 1 rings (SSSR count). The third-order valence-electron chi connectivity index (χ3n) is 2.71. The SMILES string of the molecule is CC1=C(C#N)C(C(C)C)C(C#N)=C(C)N1. The molecule has 0 radical (unpaired) electrons. The van der Waals surface area contributed by atoms with Crippen LogP contribution in [0.15, 0.2) is 22.5 Å². The normalized spacial score (nSPS) is 17.5. The van der Waals surface area contributed by atoms with Crippen LogP contribution in [-0.2, 0) is 0 Å². The number of dihydropyridines is 1. The maximum atomic E-state index is 9.10. The standard InChI is InChI=1S/C12H15N3/c1-7(2)12-10(5-13)8(3)15-9(4)11(12)6-14/h7,12,15H,1-4H3. The molecule has 15 heavy (non-hydrogen) atoms. The second-order valence-electron chi connectivity index (χ2n) is 4.15. The van der Waals surface area contributed by atoms with Gasteiger partial charge in [-0.3, -0.25) is 0 Å². The lowest BCUT2D eigenvalue weighted by molar-refractivity contribution is 0.501.